The van der Waals surface area contributed by atoms with Crippen LogP contribution < -0.4 is 0 Å². The van der Waals surface area contributed by atoms with Crippen LogP contribution in [0.2, 0.25) is 4.47 Å². The number of aromatic nitrogens is 2. The number of halogens is 4. The molecule has 2 rings (SSSR count). The first-order chi connectivity index (χ1) is 8.85. The molecule has 0 N–H and O–H groups in total. The standard InChI is InChI=1S/C9H10ClF3N4OS/c10-8-15-14-6(19-8)7(18)17-3-1-16(2-4-17)5-9(11,12)13/h1-5H2. The largest absolute Gasteiger partial charge is 0.401 e. The van der Waals surface area contributed by atoms with E-state index in [4.69, 9.17) is 11.6 Å². The molecule has 0 bridgehead atoms. The fourth-order valence-electron chi connectivity index (χ4n) is 1.79. The molecule has 0 aliphatic carbocycles. The Morgan fingerprint density at radius 1 is 1.26 bits per heavy atom. The lowest BCUT2D eigenvalue weighted by atomic mass is 10.3. The Morgan fingerprint density at radius 2 is 1.89 bits per heavy atom. The lowest BCUT2D eigenvalue weighted by molar-refractivity contribution is -0.148. The second-order valence-electron chi connectivity index (χ2n) is 4.04. The summed E-state index contributed by atoms with van der Waals surface area (Å²) in [5.41, 5.74) is 0. The summed E-state index contributed by atoms with van der Waals surface area (Å²) in [5.74, 6) is -0.337. The summed E-state index contributed by atoms with van der Waals surface area (Å²) >= 11 is 6.54. The summed E-state index contributed by atoms with van der Waals surface area (Å²) in [6.45, 7) is -0.0759. The van der Waals surface area contributed by atoms with Gasteiger partial charge in [-0.25, -0.2) is 0 Å². The van der Waals surface area contributed by atoms with Crippen molar-refractivity contribution in [2.75, 3.05) is 32.7 Å². The van der Waals surface area contributed by atoms with E-state index in [1.165, 1.54) is 9.80 Å². The molecule has 1 fully saturated rings. The molecule has 0 unspecified atom stereocenters. The van der Waals surface area contributed by atoms with E-state index < -0.39 is 12.7 Å². The Morgan fingerprint density at radius 3 is 2.37 bits per heavy atom. The highest BCUT2D eigenvalue weighted by molar-refractivity contribution is 7.17. The van der Waals surface area contributed by atoms with Gasteiger partial charge in [-0.1, -0.05) is 11.3 Å². The lowest BCUT2D eigenvalue weighted by Crippen LogP contribution is -2.50. The van der Waals surface area contributed by atoms with Crippen LogP contribution in [0.3, 0.4) is 0 Å². The van der Waals surface area contributed by atoms with Gasteiger partial charge in [-0.2, -0.15) is 13.2 Å². The third-order valence-electron chi connectivity index (χ3n) is 2.65. The Balaban J connectivity index is 1.88. The fourth-order valence-corrected chi connectivity index (χ4v) is 2.59. The fraction of sp³-hybridized carbons (Fsp3) is 0.667. The molecule has 10 heteroatoms. The molecule has 0 saturated carbocycles. The third kappa shape index (κ3) is 4.02. The molecular weight excluding hydrogens is 305 g/mol. The molecule has 1 amide bonds. The van der Waals surface area contributed by atoms with Crippen LogP contribution in [-0.2, 0) is 0 Å². The Kier molecular flexibility index (Phi) is 4.26. The number of hydrogen-bond donors (Lipinski definition) is 0. The molecule has 0 atom stereocenters. The van der Waals surface area contributed by atoms with Crippen LogP contribution in [0.25, 0.3) is 0 Å². The minimum atomic E-state index is -4.21. The van der Waals surface area contributed by atoms with Crippen molar-refractivity contribution in [2.45, 2.75) is 6.18 Å². The van der Waals surface area contributed by atoms with Crippen LogP contribution in [0, 0.1) is 0 Å². The number of carbonyl (C=O) groups is 1. The number of carbonyl (C=O) groups excluding carboxylic acids is 1. The Bertz CT molecular complexity index is 459. The van der Waals surface area contributed by atoms with Crippen molar-refractivity contribution in [2.24, 2.45) is 0 Å². The van der Waals surface area contributed by atoms with Gasteiger partial charge in [0.1, 0.15) is 0 Å². The SMILES string of the molecule is O=C(c1nnc(Cl)s1)N1CCN(CC(F)(F)F)CC1. The van der Waals surface area contributed by atoms with Crippen molar-refractivity contribution < 1.29 is 18.0 Å². The van der Waals surface area contributed by atoms with Crippen LogP contribution in [0.15, 0.2) is 0 Å². The number of piperazine rings is 1. The van der Waals surface area contributed by atoms with Crippen molar-refractivity contribution in [1.29, 1.82) is 0 Å². The van der Waals surface area contributed by atoms with E-state index in [2.05, 4.69) is 10.2 Å². The first kappa shape index (κ1) is 14.5. The number of rotatable bonds is 2. The summed E-state index contributed by atoms with van der Waals surface area (Å²) in [4.78, 5) is 14.7. The first-order valence-electron chi connectivity index (χ1n) is 5.42. The molecule has 0 radical (unpaired) electrons. The molecule has 1 aromatic heterocycles. The van der Waals surface area contributed by atoms with Gasteiger partial charge >= 0.3 is 6.18 Å². The van der Waals surface area contributed by atoms with E-state index in [0.717, 1.165) is 11.3 Å². The van der Waals surface area contributed by atoms with Crippen LogP contribution in [0.1, 0.15) is 9.80 Å². The molecule has 2 heterocycles. The van der Waals surface area contributed by atoms with E-state index in [1.54, 1.807) is 0 Å². The molecule has 0 spiro atoms. The van der Waals surface area contributed by atoms with Crippen LogP contribution in [0.4, 0.5) is 13.2 Å². The van der Waals surface area contributed by atoms with Gasteiger partial charge in [-0.05, 0) is 11.6 Å². The highest BCUT2D eigenvalue weighted by Gasteiger charge is 2.33. The Hall–Kier alpha value is -0.930. The zero-order valence-corrected chi connectivity index (χ0v) is 11.2. The van der Waals surface area contributed by atoms with Crippen LogP contribution in [-0.4, -0.2) is 64.8 Å². The molecule has 19 heavy (non-hydrogen) atoms. The maximum absolute atomic E-state index is 12.2. The van der Waals surface area contributed by atoms with Crippen LogP contribution in [0.5, 0.6) is 0 Å². The quantitative estimate of drug-likeness (QED) is 0.830. The average molecular weight is 315 g/mol. The predicted octanol–water partition coefficient (Wildman–Crippen LogP) is 1.51. The summed E-state index contributed by atoms with van der Waals surface area (Å²) in [6.07, 6.45) is -4.21. The van der Waals surface area contributed by atoms with E-state index in [-0.39, 0.29) is 41.6 Å². The van der Waals surface area contributed by atoms with Crippen molar-refractivity contribution in [1.82, 2.24) is 20.0 Å². The minimum absolute atomic E-state index is 0.161. The molecular formula is C9H10ClF3N4OS. The third-order valence-corrected chi connectivity index (χ3v) is 3.65. The maximum Gasteiger partial charge on any atom is 0.401 e. The predicted molar refractivity (Wildman–Crippen MR) is 63.3 cm³/mol. The monoisotopic (exact) mass is 314 g/mol. The number of hydrogen-bond acceptors (Lipinski definition) is 5. The lowest BCUT2D eigenvalue weighted by Gasteiger charge is -2.34. The number of nitrogens with zero attached hydrogens (tertiary/aromatic N) is 4. The molecule has 0 aromatic carbocycles. The molecule has 1 aromatic rings. The number of alkyl halides is 3. The second-order valence-corrected chi connectivity index (χ2v) is 5.60. The van der Waals surface area contributed by atoms with Gasteiger partial charge in [0.15, 0.2) is 0 Å². The molecule has 1 saturated heterocycles. The smallest absolute Gasteiger partial charge is 0.334 e. The van der Waals surface area contributed by atoms with Crippen LogP contribution >= 0.6 is 22.9 Å². The normalized spacial score (nSPS) is 17.8. The summed E-state index contributed by atoms with van der Waals surface area (Å²) in [5, 5.41) is 7.31. The zero-order valence-electron chi connectivity index (χ0n) is 9.65. The minimum Gasteiger partial charge on any atom is -0.334 e. The van der Waals surface area contributed by atoms with E-state index in [9.17, 15) is 18.0 Å². The molecule has 5 nitrogen and oxygen atoms in total. The van der Waals surface area contributed by atoms with Crippen molar-refractivity contribution in [3.63, 3.8) is 0 Å². The highest BCUT2D eigenvalue weighted by atomic mass is 35.5. The van der Waals surface area contributed by atoms with Gasteiger partial charge in [-0.15, -0.1) is 10.2 Å². The summed E-state index contributed by atoms with van der Waals surface area (Å²) in [7, 11) is 0. The molecule has 1 aliphatic rings. The first-order valence-corrected chi connectivity index (χ1v) is 6.62. The van der Waals surface area contributed by atoms with Gasteiger partial charge in [0.05, 0.1) is 6.54 Å². The topological polar surface area (TPSA) is 49.3 Å². The van der Waals surface area contributed by atoms with E-state index in [1.807, 2.05) is 0 Å². The average Bonchev–Trinajstić information content (AvgIpc) is 2.74. The highest BCUT2D eigenvalue weighted by Crippen LogP contribution is 2.20. The van der Waals surface area contributed by atoms with Gasteiger partial charge in [0.25, 0.3) is 5.91 Å². The van der Waals surface area contributed by atoms with Crippen molar-refractivity contribution in [3.8, 4) is 0 Å². The Labute approximate surface area is 116 Å². The molecule has 106 valence electrons. The molecule has 1 aliphatic heterocycles. The second kappa shape index (κ2) is 5.59. The van der Waals surface area contributed by atoms with Gasteiger partial charge in [0, 0.05) is 26.2 Å². The van der Waals surface area contributed by atoms with Gasteiger partial charge in [-0.3, -0.25) is 9.69 Å². The van der Waals surface area contributed by atoms with Gasteiger partial charge < -0.3 is 4.90 Å². The number of amides is 1. The zero-order chi connectivity index (χ0) is 14.0. The van der Waals surface area contributed by atoms with Crippen molar-refractivity contribution >= 4 is 28.8 Å². The van der Waals surface area contributed by atoms with E-state index >= 15 is 0 Å². The van der Waals surface area contributed by atoms with Crippen molar-refractivity contribution in [3.05, 3.63) is 9.47 Å². The van der Waals surface area contributed by atoms with E-state index in [0.29, 0.717) is 0 Å². The maximum atomic E-state index is 12.2. The van der Waals surface area contributed by atoms with Gasteiger partial charge in [0.2, 0.25) is 9.47 Å². The summed E-state index contributed by atoms with van der Waals surface area (Å²) < 4.78 is 36.8. The summed E-state index contributed by atoms with van der Waals surface area (Å²) in [6, 6.07) is 0.